The summed E-state index contributed by atoms with van der Waals surface area (Å²) in [7, 11) is -4.25. The highest BCUT2D eigenvalue weighted by Crippen LogP contribution is 2.30. The molecule has 0 bridgehead atoms. The number of fused-ring (bicyclic) bond motifs is 2. The van der Waals surface area contributed by atoms with Crippen LogP contribution in [0, 0.1) is 0 Å². The highest BCUT2D eigenvalue weighted by atomic mass is 32.2. The summed E-state index contributed by atoms with van der Waals surface area (Å²) in [6, 6.07) is 15.0. The average Bonchev–Trinajstić information content (AvgIpc) is 2.44. The highest BCUT2D eigenvalue weighted by Gasteiger charge is 2.17. The lowest BCUT2D eigenvalue weighted by atomic mass is 9.98. The molecule has 0 fully saturated rings. The van der Waals surface area contributed by atoms with Gasteiger partial charge < -0.3 is 0 Å². The lowest BCUT2D eigenvalue weighted by Crippen LogP contribution is -2.03. The van der Waals surface area contributed by atoms with Crippen molar-refractivity contribution in [3.63, 3.8) is 0 Å². The van der Waals surface area contributed by atoms with Crippen molar-refractivity contribution < 1.29 is 13.0 Å². The van der Waals surface area contributed by atoms with Crippen LogP contribution in [0.3, 0.4) is 0 Å². The first kappa shape index (κ1) is 13.8. The Morgan fingerprint density at radius 3 is 2.29 bits per heavy atom. The van der Waals surface area contributed by atoms with Crippen LogP contribution in [0.4, 0.5) is 0 Å². The maximum atomic E-state index is 11.6. The third kappa shape index (κ3) is 2.44. The second-order valence-electron chi connectivity index (χ2n) is 4.93. The molecule has 106 valence electrons. The van der Waals surface area contributed by atoms with Crippen LogP contribution in [0.25, 0.3) is 21.5 Å². The molecule has 0 aromatic heterocycles. The second-order valence-corrected chi connectivity index (χ2v) is 6.32. The van der Waals surface area contributed by atoms with Gasteiger partial charge in [-0.1, -0.05) is 36.4 Å². The molecule has 0 atom stereocenters. The fourth-order valence-corrected chi connectivity index (χ4v) is 3.40. The molecule has 0 aliphatic rings. The summed E-state index contributed by atoms with van der Waals surface area (Å²) < 4.78 is 32.5. The molecule has 0 aliphatic heterocycles. The van der Waals surface area contributed by atoms with E-state index in [1.54, 1.807) is 12.1 Å². The third-order valence-corrected chi connectivity index (χ3v) is 4.52. The number of hydrogen-bond donors (Lipinski definition) is 1. The average molecular weight is 298 g/mol. The summed E-state index contributed by atoms with van der Waals surface area (Å²) in [5.74, 6) is 0. The Labute approximate surface area is 123 Å². The molecule has 3 aromatic rings. The van der Waals surface area contributed by atoms with Gasteiger partial charge in [0.1, 0.15) is 0 Å². The molecule has 1 N–H and O–H groups in total. The van der Waals surface area contributed by atoms with Crippen LogP contribution in [-0.2, 0) is 16.5 Å². The summed E-state index contributed by atoms with van der Waals surface area (Å²) in [5.41, 5.74) is 0.579. The normalized spacial score (nSPS) is 11.9. The predicted molar refractivity (Wildman–Crippen MR) is 85.2 cm³/mol. The molecule has 0 saturated heterocycles. The first-order chi connectivity index (χ1) is 10.0. The van der Waals surface area contributed by atoms with Gasteiger partial charge in [0.15, 0.2) is 0 Å². The molecule has 0 saturated carbocycles. The topological polar surface area (TPSA) is 54.4 Å². The minimum Gasteiger partial charge on any atom is -0.282 e. The monoisotopic (exact) mass is 298 g/mol. The zero-order valence-electron chi connectivity index (χ0n) is 11.3. The van der Waals surface area contributed by atoms with E-state index in [0.29, 0.717) is 12.0 Å². The Hall–Kier alpha value is -2.17. The van der Waals surface area contributed by atoms with Crippen molar-refractivity contribution in [3.05, 3.63) is 66.7 Å². The Kier molecular flexibility index (Phi) is 3.27. The number of benzene rings is 3. The van der Waals surface area contributed by atoms with Crippen LogP contribution in [0.2, 0.25) is 0 Å². The third-order valence-electron chi connectivity index (χ3n) is 3.58. The molecule has 0 radical (unpaired) electrons. The van der Waals surface area contributed by atoms with Crippen molar-refractivity contribution in [2.24, 2.45) is 0 Å². The minimum atomic E-state index is -4.25. The van der Waals surface area contributed by atoms with Gasteiger partial charge in [0.2, 0.25) is 0 Å². The maximum Gasteiger partial charge on any atom is 0.294 e. The minimum absolute atomic E-state index is 0.0508. The van der Waals surface area contributed by atoms with Gasteiger partial charge in [-0.05, 0) is 51.7 Å². The zero-order chi connectivity index (χ0) is 15.0. The zero-order valence-corrected chi connectivity index (χ0v) is 12.1. The van der Waals surface area contributed by atoms with Gasteiger partial charge in [0.25, 0.3) is 10.1 Å². The largest absolute Gasteiger partial charge is 0.294 e. The first-order valence-corrected chi connectivity index (χ1v) is 7.97. The van der Waals surface area contributed by atoms with Crippen LogP contribution in [0.5, 0.6) is 0 Å². The maximum absolute atomic E-state index is 11.6. The Morgan fingerprint density at radius 1 is 1.00 bits per heavy atom. The fraction of sp³-hybridized carbons (Fsp3) is 0.0588. The van der Waals surface area contributed by atoms with Gasteiger partial charge in [-0.2, -0.15) is 8.42 Å². The molecule has 3 rings (SSSR count). The summed E-state index contributed by atoms with van der Waals surface area (Å²) in [6.07, 6.45) is 2.02. The smallest absolute Gasteiger partial charge is 0.282 e. The summed E-state index contributed by atoms with van der Waals surface area (Å²) >= 11 is 0. The second kappa shape index (κ2) is 4.98. The highest BCUT2D eigenvalue weighted by molar-refractivity contribution is 7.85. The van der Waals surface area contributed by atoms with E-state index in [9.17, 15) is 13.0 Å². The first-order valence-electron chi connectivity index (χ1n) is 6.53. The van der Waals surface area contributed by atoms with Crippen LogP contribution in [0.1, 0.15) is 5.56 Å². The van der Waals surface area contributed by atoms with Crippen LogP contribution < -0.4 is 0 Å². The van der Waals surface area contributed by atoms with E-state index in [2.05, 4.69) is 6.58 Å². The molecular weight excluding hydrogens is 284 g/mol. The fourth-order valence-electron chi connectivity index (χ4n) is 2.65. The van der Waals surface area contributed by atoms with Crippen molar-refractivity contribution in [1.82, 2.24) is 0 Å². The summed E-state index contributed by atoms with van der Waals surface area (Å²) in [6.45, 7) is 3.67. The number of rotatable bonds is 3. The van der Waals surface area contributed by atoms with Crippen LogP contribution in [-0.4, -0.2) is 13.0 Å². The molecule has 21 heavy (non-hydrogen) atoms. The molecule has 0 heterocycles. The Bertz CT molecular complexity index is 956. The van der Waals surface area contributed by atoms with Gasteiger partial charge in [0, 0.05) is 0 Å². The standard InChI is InChI=1S/C17H14O3S/c1-2-5-15-16-11-13-7-4-3-6-12(13)10-14(16)8-9-17(15)21(18,19)20/h2-4,6-11H,1,5H2,(H,18,19,20). The van der Waals surface area contributed by atoms with E-state index in [1.807, 2.05) is 36.4 Å². The number of allylic oxidation sites excluding steroid dienone is 1. The van der Waals surface area contributed by atoms with E-state index in [1.165, 1.54) is 6.07 Å². The van der Waals surface area contributed by atoms with Crippen LogP contribution in [0.15, 0.2) is 66.1 Å². The van der Waals surface area contributed by atoms with E-state index >= 15 is 0 Å². The van der Waals surface area contributed by atoms with E-state index in [0.717, 1.165) is 21.5 Å². The van der Waals surface area contributed by atoms with Gasteiger partial charge in [-0.3, -0.25) is 4.55 Å². The lowest BCUT2D eigenvalue weighted by molar-refractivity contribution is 0.482. The lowest BCUT2D eigenvalue weighted by Gasteiger charge is -2.11. The number of hydrogen-bond acceptors (Lipinski definition) is 2. The van der Waals surface area contributed by atoms with Crippen molar-refractivity contribution in [1.29, 1.82) is 0 Å². The molecule has 0 spiro atoms. The molecule has 0 aliphatic carbocycles. The quantitative estimate of drug-likeness (QED) is 0.452. The molecular formula is C17H14O3S. The molecule has 0 unspecified atom stereocenters. The molecule has 3 aromatic carbocycles. The molecule has 4 heteroatoms. The van der Waals surface area contributed by atoms with Crippen LogP contribution >= 0.6 is 0 Å². The SMILES string of the molecule is C=CCc1c(S(=O)(=O)O)ccc2cc3ccccc3cc12. The molecule has 3 nitrogen and oxygen atoms in total. The van der Waals surface area contributed by atoms with E-state index in [-0.39, 0.29) is 4.90 Å². The summed E-state index contributed by atoms with van der Waals surface area (Å²) in [5, 5.41) is 3.89. The van der Waals surface area contributed by atoms with Gasteiger partial charge in [0.05, 0.1) is 4.90 Å². The molecule has 0 amide bonds. The van der Waals surface area contributed by atoms with Crippen molar-refractivity contribution in [2.45, 2.75) is 11.3 Å². The van der Waals surface area contributed by atoms with E-state index in [4.69, 9.17) is 0 Å². The Morgan fingerprint density at radius 2 is 1.67 bits per heavy atom. The van der Waals surface area contributed by atoms with E-state index < -0.39 is 10.1 Å². The Balaban J connectivity index is 2.46. The van der Waals surface area contributed by atoms with Gasteiger partial charge in [-0.25, -0.2) is 0 Å². The van der Waals surface area contributed by atoms with Gasteiger partial charge >= 0.3 is 0 Å². The van der Waals surface area contributed by atoms with Crippen molar-refractivity contribution in [2.75, 3.05) is 0 Å². The predicted octanol–water partition coefficient (Wildman–Crippen LogP) is 3.97. The van der Waals surface area contributed by atoms with Crippen molar-refractivity contribution >= 4 is 31.7 Å². The van der Waals surface area contributed by atoms with Gasteiger partial charge in [-0.15, -0.1) is 6.58 Å². The van der Waals surface area contributed by atoms with Crippen molar-refractivity contribution in [3.8, 4) is 0 Å². The summed E-state index contributed by atoms with van der Waals surface area (Å²) in [4.78, 5) is -0.0508.